The van der Waals surface area contributed by atoms with Crippen LogP contribution in [0, 0.1) is 11.7 Å². The largest absolute Gasteiger partial charge is 0.480 e. The minimum atomic E-state index is -1.01. The van der Waals surface area contributed by atoms with Crippen molar-refractivity contribution in [2.75, 3.05) is 0 Å². The normalized spacial score (nSPS) is 17.4. The van der Waals surface area contributed by atoms with Gasteiger partial charge in [0, 0.05) is 5.56 Å². The Bertz CT molecular complexity index is 480. The number of amides is 1. The fourth-order valence-electron chi connectivity index (χ4n) is 2.67. The van der Waals surface area contributed by atoms with Crippen molar-refractivity contribution in [1.82, 2.24) is 5.32 Å². The molecule has 1 saturated carbocycles. The molecule has 0 heterocycles. The Labute approximate surface area is 117 Å². The molecule has 108 valence electrons. The van der Waals surface area contributed by atoms with Crippen LogP contribution in [-0.4, -0.2) is 23.0 Å². The number of carboxylic acids is 1. The predicted molar refractivity (Wildman–Crippen MR) is 71.9 cm³/mol. The number of halogens is 1. The van der Waals surface area contributed by atoms with Crippen LogP contribution in [-0.2, 0) is 4.79 Å². The summed E-state index contributed by atoms with van der Waals surface area (Å²) in [6.45, 7) is 0. The van der Waals surface area contributed by atoms with Crippen LogP contribution in [0.1, 0.15) is 42.5 Å². The standard InChI is InChI=1S/C15H18FNO3/c16-12-8-6-11(7-9-12)14(18)17-13(15(19)20)10-4-2-1-3-5-10/h6-10,13H,1-5H2,(H,17,18)(H,19,20). The van der Waals surface area contributed by atoms with Crippen LogP contribution in [0.3, 0.4) is 0 Å². The van der Waals surface area contributed by atoms with Crippen LogP contribution < -0.4 is 5.32 Å². The molecule has 1 atom stereocenters. The Morgan fingerprint density at radius 1 is 1.15 bits per heavy atom. The summed E-state index contributed by atoms with van der Waals surface area (Å²) in [6, 6.07) is 4.21. The lowest BCUT2D eigenvalue weighted by Gasteiger charge is -2.28. The third kappa shape index (κ3) is 3.56. The van der Waals surface area contributed by atoms with Crippen molar-refractivity contribution >= 4 is 11.9 Å². The second-order valence-electron chi connectivity index (χ2n) is 5.19. The third-order valence-electron chi connectivity index (χ3n) is 3.78. The van der Waals surface area contributed by atoms with E-state index in [2.05, 4.69) is 5.32 Å². The van der Waals surface area contributed by atoms with Gasteiger partial charge in [-0.1, -0.05) is 19.3 Å². The van der Waals surface area contributed by atoms with Crippen LogP contribution in [0.15, 0.2) is 24.3 Å². The molecule has 1 aliphatic carbocycles. The van der Waals surface area contributed by atoms with Gasteiger partial charge in [0.15, 0.2) is 0 Å². The molecule has 20 heavy (non-hydrogen) atoms. The van der Waals surface area contributed by atoms with Gasteiger partial charge in [-0.25, -0.2) is 9.18 Å². The van der Waals surface area contributed by atoms with E-state index in [-0.39, 0.29) is 11.5 Å². The molecule has 2 rings (SSSR count). The third-order valence-corrected chi connectivity index (χ3v) is 3.78. The lowest BCUT2D eigenvalue weighted by atomic mass is 9.84. The highest BCUT2D eigenvalue weighted by molar-refractivity contribution is 5.96. The maximum absolute atomic E-state index is 12.8. The van der Waals surface area contributed by atoms with Crippen LogP contribution in [0.5, 0.6) is 0 Å². The summed E-state index contributed by atoms with van der Waals surface area (Å²) in [7, 11) is 0. The molecule has 0 bridgehead atoms. The number of hydrogen-bond acceptors (Lipinski definition) is 2. The van der Waals surface area contributed by atoms with Crippen LogP contribution in [0.2, 0.25) is 0 Å². The second-order valence-corrected chi connectivity index (χ2v) is 5.19. The van der Waals surface area contributed by atoms with Gasteiger partial charge >= 0.3 is 5.97 Å². The van der Waals surface area contributed by atoms with Gasteiger partial charge in [0.25, 0.3) is 5.91 Å². The molecule has 0 saturated heterocycles. The van der Waals surface area contributed by atoms with Gasteiger partial charge in [-0.2, -0.15) is 0 Å². The summed E-state index contributed by atoms with van der Waals surface area (Å²) in [5.74, 6) is -1.93. The maximum atomic E-state index is 12.8. The molecule has 1 amide bonds. The zero-order valence-electron chi connectivity index (χ0n) is 11.1. The molecular formula is C15H18FNO3. The summed E-state index contributed by atoms with van der Waals surface area (Å²) in [6.07, 6.45) is 4.76. The zero-order valence-corrected chi connectivity index (χ0v) is 11.1. The van der Waals surface area contributed by atoms with E-state index in [4.69, 9.17) is 0 Å². The molecule has 2 N–H and O–H groups in total. The van der Waals surface area contributed by atoms with Crippen LogP contribution in [0.25, 0.3) is 0 Å². The molecule has 1 fully saturated rings. The van der Waals surface area contributed by atoms with Crippen molar-refractivity contribution in [3.05, 3.63) is 35.6 Å². The minimum absolute atomic E-state index is 0.0225. The molecule has 5 heteroatoms. The fraction of sp³-hybridized carbons (Fsp3) is 0.467. The summed E-state index contributed by atoms with van der Waals surface area (Å²) in [5, 5.41) is 11.9. The second kappa shape index (κ2) is 6.50. The summed E-state index contributed by atoms with van der Waals surface area (Å²) >= 11 is 0. The van der Waals surface area contributed by atoms with E-state index >= 15 is 0 Å². The highest BCUT2D eigenvalue weighted by Gasteiger charge is 2.30. The number of aliphatic carboxylic acids is 1. The molecule has 0 aliphatic heterocycles. The number of rotatable bonds is 4. The van der Waals surface area contributed by atoms with Crippen molar-refractivity contribution in [2.45, 2.75) is 38.1 Å². The van der Waals surface area contributed by atoms with Crippen molar-refractivity contribution in [1.29, 1.82) is 0 Å². The fourth-order valence-corrected chi connectivity index (χ4v) is 2.67. The first-order chi connectivity index (χ1) is 9.58. The maximum Gasteiger partial charge on any atom is 0.326 e. The summed E-state index contributed by atoms with van der Waals surface area (Å²) < 4.78 is 12.8. The Morgan fingerprint density at radius 2 is 1.75 bits per heavy atom. The van der Waals surface area contributed by atoms with Gasteiger partial charge < -0.3 is 10.4 Å². The number of hydrogen-bond donors (Lipinski definition) is 2. The number of carbonyl (C=O) groups is 2. The van der Waals surface area contributed by atoms with Gasteiger partial charge in [-0.15, -0.1) is 0 Å². The molecule has 1 unspecified atom stereocenters. The van der Waals surface area contributed by atoms with Gasteiger partial charge in [0.1, 0.15) is 11.9 Å². The Hall–Kier alpha value is -1.91. The summed E-state index contributed by atoms with van der Waals surface area (Å²) in [4.78, 5) is 23.4. The van der Waals surface area contributed by atoms with E-state index in [1.54, 1.807) is 0 Å². The first kappa shape index (κ1) is 14.5. The SMILES string of the molecule is O=C(NC(C(=O)O)C1CCCCC1)c1ccc(F)cc1. The average molecular weight is 279 g/mol. The predicted octanol–water partition coefficient (Wildman–Crippen LogP) is 2.59. The van der Waals surface area contributed by atoms with Crippen molar-refractivity contribution in [3.8, 4) is 0 Å². The van der Waals surface area contributed by atoms with Gasteiger partial charge in [-0.3, -0.25) is 4.79 Å². The smallest absolute Gasteiger partial charge is 0.326 e. The molecule has 1 aromatic carbocycles. The monoisotopic (exact) mass is 279 g/mol. The van der Waals surface area contributed by atoms with E-state index in [1.165, 1.54) is 24.3 Å². The highest BCUT2D eigenvalue weighted by atomic mass is 19.1. The number of nitrogens with one attached hydrogen (secondary N) is 1. The first-order valence-electron chi connectivity index (χ1n) is 6.87. The molecule has 1 aliphatic rings. The average Bonchev–Trinajstić information content (AvgIpc) is 2.46. The Kier molecular flexibility index (Phi) is 4.71. The summed E-state index contributed by atoms with van der Waals surface area (Å²) in [5.41, 5.74) is 0.272. The highest BCUT2D eigenvalue weighted by Crippen LogP contribution is 2.26. The number of carbonyl (C=O) groups excluding carboxylic acids is 1. The number of carboxylic acid groups (broad SMARTS) is 1. The quantitative estimate of drug-likeness (QED) is 0.890. The van der Waals surface area contributed by atoms with Gasteiger partial charge in [0.2, 0.25) is 0 Å². The van der Waals surface area contributed by atoms with Crippen molar-refractivity contribution in [3.63, 3.8) is 0 Å². The molecule has 1 aromatic rings. The Morgan fingerprint density at radius 3 is 2.30 bits per heavy atom. The Balaban J connectivity index is 2.05. The van der Waals surface area contributed by atoms with E-state index in [1.807, 2.05) is 0 Å². The molecule has 4 nitrogen and oxygen atoms in total. The zero-order chi connectivity index (χ0) is 14.5. The number of benzene rings is 1. The van der Waals surface area contributed by atoms with Crippen LogP contribution >= 0.6 is 0 Å². The first-order valence-corrected chi connectivity index (χ1v) is 6.87. The lowest BCUT2D eigenvalue weighted by molar-refractivity contribution is -0.141. The molecule has 0 spiro atoms. The van der Waals surface area contributed by atoms with Gasteiger partial charge in [-0.05, 0) is 43.0 Å². The van der Waals surface area contributed by atoms with Crippen molar-refractivity contribution < 1.29 is 19.1 Å². The van der Waals surface area contributed by atoms with E-state index < -0.39 is 23.7 Å². The van der Waals surface area contributed by atoms with E-state index in [0.29, 0.717) is 0 Å². The van der Waals surface area contributed by atoms with Gasteiger partial charge in [0.05, 0.1) is 0 Å². The van der Waals surface area contributed by atoms with Crippen LogP contribution in [0.4, 0.5) is 4.39 Å². The molecule has 0 aromatic heterocycles. The van der Waals surface area contributed by atoms with E-state index in [9.17, 15) is 19.1 Å². The molecule has 0 radical (unpaired) electrons. The topological polar surface area (TPSA) is 66.4 Å². The van der Waals surface area contributed by atoms with Crippen molar-refractivity contribution in [2.24, 2.45) is 5.92 Å². The molecular weight excluding hydrogens is 261 g/mol. The van der Waals surface area contributed by atoms with E-state index in [0.717, 1.165) is 32.1 Å². The lowest BCUT2D eigenvalue weighted by Crippen LogP contribution is -2.46. The minimum Gasteiger partial charge on any atom is -0.480 e.